The number of carboxylic acid groups (broad SMARTS) is 1. The van der Waals surface area contributed by atoms with Crippen LogP contribution < -0.4 is 5.32 Å². The van der Waals surface area contributed by atoms with E-state index in [-0.39, 0.29) is 22.9 Å². The molecule has 0 heterocycles. The van der Waals surface area contributed by atoms with E-state index in [1.807, 2.05) is 30.3 Å². The summed E-state index contributed by atoms with van der Waals surface area (Å²) in [5.74, 6) is -1.34. The van der Waals surface area contributed by atoms with Crippen molar-refractivity contribution in [2.45, 2.75) is 6.42 Å². The highest BCUT2D eigenvalue weighted by atomic mass is 35.5. The number of carboxylic acids is 1. The molecule has 0 spiro atoms. The Hall–Kier alpha value is -2.33. The molecule has 2 aromatic carbocycles. The fourth-order valence-corrected chi connectivity index (χ4v) is 1.95. The van der Waals surface area contributed by atoms with E-state index in [2.05, 4.69) is 5.32 Å². The van der Waals surface area contributed by atoms with E-state index in [0.29, 0.717) is 5.69 Å². The van der Waals surface area contributed by atoms with Crippen molar-refractivity contribution in [3.8, 4) is 0 Å². The maximum atomic E-state index is 11.9. The van der Waals surface area contributed by atoms with Crippen LogP contribution in [0.15, 0.2) is 48.5 Å². The molecule has 0 saturated carbocycles. The van der Waals surface area contributed by atoms with E-state index in [0.717, 1.165) is 5.56 Å². The zero-order valence-corrected chi connectivity index (χ0v) is 11.2. The predicted octanol–water partition coefficient (Wildman–Crippen LogP) is 3.22. The van der Waals surface area contributed by atoms with Crippen LogP contribution in [0.4, 0.5) is 5.69 Å². The number of carbonyl (C=O) groups is 2. The highest BCUT2D eigenvalue weighted by molar-refractivity contribution is 6.33. The first-order chi connectivity index (χ1) is 9.56. The van der Waals surface area contributed by atoms with Gasteiger partial charge in [-0.15, -0.1) is 0 Å². The third-order valence-corrected chi connectivity index (χ3v) is 3.02. The van der Waals surface area contributed by atoms with Gasteiger partial charge in [0, 0.05) is 5.69 Å². The number of rotatable bonds is 4. The first kappa shape index (κ1) is 14.1. The van der Waals surface area contributed by atoms with Gasteiger partial charge in [-0.1, -0.05) is 41.9 Å². The summed E-state index contributed by atoms with van der Waals surface area (Å²) < 4.78 is 0. The maximum absolute atomic E-state index is 11.9. The fourth-order valence-electron chi connectivity index (χ4n) is 1.75. The summed E-state index contributed by atoms with van der Waals surface area (Å²) in [5, 5.41) is 11.8. The van der Waals surface area contributed by atoms with Gasteiger partial charge in [-0.25, -0.2) is 4.79 Å². The molecule has 20 heavy (non-hydrogen) atoms. The van der Waals surface area contributed by atoms with Crippen molar-refractivity contribution in [3.05, 3.63) is 64.7 Å². The Bertz CT molecular complexity index is 641. The van der Waals surface area contributed by atoms with Crippen molar-refractivity contribution >= 4 is 29.2 Å². The number of amides is 1. The maximum Gasteiger partial charge on any atom is 0.337 e. The van der Waals surface area contributed by atoms with Crippen molar-refractivity contribution in [1.82, 2.24) is 0 Å². The molecule has 0 radical (unpaired) electrons. The summed E-state index contributed by atoms with van der Waals surface area (Å²) in [4.78, 5) is 22.8. The van der Waals surface area contributed by atoms with E-state index < -0.39 is 5.97 Å². The summed E-state index contributed by atoms with van der Waals surface area (Å²) in [6, 6.07) is 13.6. The summed E-state index contributed by atoms with van der Waals surface area (Å²) in [7, 11) is 0. The van der Waals surface area contributed by atoms with E-state index in [4.69, 9.17) is 16.7 Å². The molecule has 0 aromatic heterocycles. The van der Waals surface area contributed by atoms with Crippen LogP contribution in [0.1, 0.15) is 15.9 Å². The van der Waals surface area contributed by atoms with Crippen LogP contribution in [0.5, 0.6) is 0 Å². The molecule has 0 fully saturated rings. The molecule has 0 aliphatic rings. The van der Waals surface area contributed by atoms with Crippen LogP contribution in [0.25, 0.3) is 0 Å². The Labute approximate surface area is 121 Å². The van der Waals surface area contributed by atoms with Gasteiger partial charge in [-0.2, -0.15) is 0 Å². The van der Waals surface area contributed by atoms with Gasteiger partial charge in [-0.05, 0) is 23.8 Å². The Morgan fingerprint density at radius 1 is 1.10 bits per heavy atom. The molecule has 5 heteroatoms. The zero-order valence-electron chi connectivity index (χ0n) is 10.5. The molecule has 0 aliphatic heterocycles. The van der Waals surface area contributed by atoms with Crippen LogP contribution in [0.2, 0.25) is 5.02 Å². The van der Waals surface area contributed by atoms with Gasteiger partial charge in [0.25, 0.3) is 0 Å². The van der Waals surface area contributed by atoms with Crippen LogP contribution in [-0.2, 0) is 11.2 Å². The summed E-state index contributed by atoms with van der Waals surface area (Å²) in [6.45, 7) is 0. The second-order valence-corrected chi connectivity index (χ2v) is 4.62. The number of hydrogen-bond donors (Lipinski definition) is 2. The Balaban J connectivity index is 2.08. The molecule has 1 amide bonds. The monoisotopic (exact) mass is 289 g/mol. The standard InChI is InChI=1S/C15H12ClNO3/c16-13-7-6-11(9-12(13)15(19)20)17-14(18)8-10-4-2-1-3-5-10/h1-7,9H,8H2,(H,17,18)(H,19,20). The van der Waals surface area contributed by atoms with E-state index >= 15 is 0 Å². The largest absolute Gasteiger partial charge is 0.478 e. The Morgan fingerprint density at radius 2 is 1.80 bits per heavy atom. The molecule has 2 aromatic rings. The SMILES string of the molecule is O=C(Cc1ccccc1)Nc1ccc(Cl)c(C(=O)O)c1. The minimum Gasteiger partial charge on any atom is -0.478 e. The number of benzene rings is 2. The van der Waals surface area contributed by atoms with Crippen LogP contribution in [0, 0.1) is 0 Å². The zero-order chi connectivity index (χ0) is 14.5. The van der Waals surface area contributed by atoms with Crippen molar-refractivity contribution < 1.29 is 14.7 Å². The lowest BCUT2D eigenvalue weighted by Gasteiger charge is -2.07. The van der Waals surface area contributed by atoms with Crippen LogP contribution in [0.3, 0.4) is 0 Å². The second kappa shape index (κ2) is 6.21. The van der Waals surface area contributed by atoms with Gasteiger partial charge < -0.3 is 10.4 Å². The number of anilines is 1. The lowest BCUT2D eigenvalue weighted by molar-refractivity contribution is -0.115. The average Bonchev–Trinajstić information content (AvgIpc) is 2.41. The van der Waals surface area contributed by atoms with Crippen molar-refractivity contribution in [2.75, 3.05) is 5.32 Å². The van der Waals surface area contributed by atoms with Gasteiger partial charge in [0.2, 0.25) is 5.91 Å². The number of nitrogens with one attached hydrogen (secondary N) is 1. The van der Waals surface area contributed by atoms with Crippen molar-refractivity contribution in [1.29, 1.82) is 0 Å². The topological polar surface area (TPSA) is 66.4 Å². The first-order valence-corrected chi connectivity index (χ1v) is 6.30. The normalized spacial score (nSPS) is 10.1. The lowest BCUT2D eigenvalue weighted by atomic mass is 10.1. The number of halogens is 1. The summed E-state index contributed by atoms with van der Waals surface area (Å²) in [6.07, 6.45) is 0.228. The third kappa shape index (κ3) is 3.59. The number of hydrogen-bond acceptors (Lipinski definition) is 2. The second-order valence-electron chi connectivity index (χ2n) is 4.21. The minimum atomic E-state index is -1.13. The molecule has 0 aliphatic carbocycles. The van der Waals surface area contributed by atoms with Gasteiger partial charge >= 0.3 is 5.97 Å². The molecule has 0 atom stereocenters. The lowest BCUT2D eigenvalue weighted by Crippen LogP contribution is -2.14. The highest BCUT2D eigenvalue weighted by Gasteiger charge is 2.11. The van der Waals surface area contributed by atoms with E-state index in [1.54, 1.807) is 6.07 Å². The molecule has 0 unspecified atom stereocenters. The van der Waals surface area contributed by atoms with Gasteiger partial charge in [0.1, 0.15) is 0 Å². The van der Waals surface area contributed by atoms with Crippen molar-refractivity contribution in [3.63, 3.8) is 0 Å². The Kier molecular flexibility index (Phi) is 4.38. The Morgan fingerprint density at radius 3 is 2.45 bits per heavy atom. The minimum absolute atomic E-state index is 0.0378. The third-order valence-electron chi connectivity index (χ3n) is 2.69. The number of carbonyl (C=O) groups excluding carboxylic acids is 1. The number of aromatic carboxylic acids is 1. The predicted molar refractivity (Wildman–Crippen MR) is 77.2 cm³/mol. The first-order valence-electron chi connectivity index (χ1n) is 5.93. The van der Waals surface area contributed by atoms with Gasteiger partial charge in [0.05, 0.1) is 17.0 Å². The highest BCUT2D eigenvalue weighted by Crippen LogP contribution is 2.20. The molecule has 0 bridgehead atoms. The fraction of sp³-hybridized carbons (Fsp3) is 0.0667. The summed E-state index contributed by atoms with van der Waals surface area (Å²) in [5.41, 5.74) is 1.26. The molecule has 2 rings (SSSR count). The van der Waals surface area contributed by atoms with E-state index in [1.165, 1.54) is 12.1 Å². The van der Waals surface area contributed by atoms with Crippen LogP contribution >= 0.6 is 11.6 Å². The van der Waals surface area contributed by atoms with Crippen molar-refractivity contribution in [2.24, 2.45) is 0 Å². The summed E-state index contributed by atoms with van der Waals surface area (Å²) >= 11 is 5.76. The van der Waals surface area contributed by atoms with Gasteiger partial charge in [-0.3, -0.25) is 4.79 Å². The molecule has 102 valence electrons. The average molecular weight is 290 g/mol. The molecule has 2 N–H and O–H groups in total. The molecular weight excluding hydrogens is 278 g/mol. The smallest absolute Gasteiger partial charge is 0.337 e. The molecule has 4 nitrogen and oxygen atoms in total. The van der Waals surface area contributed by atoms with Gasteiger partial charge in [0.15, 0.2) is 0 Å². The van der Waals surface area contributed by atoms with Crippen LogP contribution in [-0.4, -0.2) is 17.0 Å². The van der Waals surface area contributed by atoms with E-state index in [9.17, 15) is 9.59 Å². The molecular formula is C15H12ClNO3. The molecule has 0 saturated heterocycles. The quantitative estimate of drug-likeness (QED) is 0.908.